The number of benzene rings is 2. The van der Waals surface area contributed by atoms with E-state index in [0.29, 0.717) is 9.26 Å². The number of nitrogens with zero attached hydrogens (tertiary/aromatic N) is 1. The molecule has 2 rings (SSSR count). The fraction of sp³-hybridized carbons (Fsp3) is 0.143. The quantitative estimate of drug-likeness (QED) is 0.150. The molecule has 0 fully saturated rings. The van der Waals surface area contributed by atoms with E-state index in [0.717, 1.165) is 18.2 Å². The van der Waals surface area contributed by atoms with Crippen LogP contribution in [0.3, 0.4) is 0 Å². The molecule has 0 amide bonds. The van der Waals surface area contributed by atoms with E-state index in [2.05, 4.69) is 9.47 Å². The summed E-state index contributed by atoms with van der Waals surface area (Å²) in [6, 6.07) is 6.57. The molecule has 0 heterocycles. The van der Waals surface area contributed by atoms with Crippen molar-refractivity contribution in [3.63, 3.8) is 0 Å². The predicted octanol–water partition coefficient (Wildman–Crippen LogP) is 5.87. The Morgan fingerprint density at radius 1 is 0.857 bits per heavy atom. The summed E-state index contributed by atoms with van der Waals surface area (Å²) >= 11 is 3.39. The average molecular weight is 636 g/mol. The van der Waals surface area contributed by atoms with Gasteiger partial charge in [0, 0.05) is 21.4 Å². The summed E-state index contributed by atoms with van der Waals surface area (Å²) in [5.74, 6) is -0.733. The van der Waals surface area contributed by atoms with Crippen molar-refractivity contribution in [2.45, 2.75) is 12.7 Å². The summed E-state index contributed by atoms with van der Waals surface area (Å²) in [5.41, 5.74) is 5.58. The van der Waals surface area contributed by atoms with E-state index in [9.17, 15) is 36.5 Å². The molecule has 0 atom stereocenters. The molecule has 2 N–H and O–H groups in total. The first kappa shape index (κ1) is 24.3. The highest BCUT2D eigenvalue weighted by Gasteiger charge is 2.32. The van der Waals surface area contributed by atoms with Gasteiger partial charge in [0.1, 0.15) is 11.5 Å². The van der Waals surface area contributed by atoms with Crippen molar-refractivity contribution in [3.05, 3.63) is 53.7 Å². The highest BCUT2D eigenvalue weighted by molar-refractivity contribution is 14.1. The first-order valence-corrected chi connectivity index (χ1v) is 8.84. The van der Waals surface area contributed by atoms with Gasteiger partial charge in [0.15, 0.2) is 0 Å². The molecule has 0 bridgehead atoms. The molecule has 6 nitrogen and oxygen atoms in total. The predicted molar refractivity (Wildman–Crippen MR) is 103 cm³/mol. The molecular weight excluding hydrogens is 628 g/mol. The fourth-order valence-corrected chi connectivity index (χ4v) is 2.71. The van der Waals surface area contributed by atoms with Crippen molar-refractivity contribution >= 4 is 56.6 Å². The number of rotatable bonds is 3. The monoisotopic (exact) mass is 636 g/mol. The maximum absolute atomic E-state index is 11.8. The third kappa shape index (κ3) is 8.98. The summed E-state index contributed by atoms with van der Waals surface area (Å²) in [5, 5.41) is 10.4. The lowest BCUT2D eigenvalue weighted by Crippen LogP contribution is -2.17. The summed E-state index contributed by atoms with van der Waals surface area (Å²) in [4.78, 5) is 9.67. The van der Waals surface area contributed by atoms with E-state index >= 15 is 0 Å². The van der Waals surface area contributed by atoms with Crippen LogP contribution in [0.5, 0.6) is 11.5 Å². The van der Waals surface area contributed by atoms with Crippen molar-refractivity contribution in [1.29, 1.82) is 0 Å². The maximum Gasteiger partial charge on any atom is 0.573 e. The van der Waals surface area contributed by atoms with Gasteiger partial charge in [-0.1, -0.05) is 0 Å². The number of ether oxygens (including phenoxy) is 2. The molecule has 0 aliphatic heterocycles. The van der Waals surface area contributed by atoms with Crippen LogP contribution in [0.2, 0.25) is 0 Å². The molecule has 0 spiro atoms. The zero-order valence-corrected chi connectivity index (χ0v) is 17.5. The second kappa shape index (κ2) is 9.66. The third-order valence-electron chi connectivity index (χ3n) is 2.55. The second-order valence-electron chi connectivity index (χ2n) is 4.65. The largest absolute Gasteiger partial charge is 0.573 e. The number of hydrogen-bond acceptors (Lipinski definition) is 5. The lowest BCUT2D eigenvalue weighted by atomic mass is 10.3. The van der Waals surface area contributed by atoms with E-state index in [-0.39, 0.29) is 15.0 Å². The van der Waals surface area contributed by atoms with Gasteiger partial charge in [-0.3, -0.25) is 10.1 Å². The Kier molecular flexibility index (Phi) is 8.39. The molecule has 0 aliphatic carbocycles. The Labute approximate surface area is 180 Å². The van der Waals surface area contributed by atoms with Gasteiger partial charge < -0.3 is 15.2 Å². The third-order valence-corrected chi connectivity index (χ3v) is 4.35. The number of nitro groups is 1. The minimum Gasteiger partial charge on any atom is -0.406 e. The Morgan fingerprint density at radius 3 is 1.64 bits per heavy atom. The number of hydrogen-bond donors (Lipinski definition) is 1. The van der Waals surface area contributed by atoms with Crippen LogP contribution in [-0.4, -0.2) is 17.6 Å². The second-order valence-corrected chi connectivity index (χ2v) is 6.97. The standard InChI is InChI=1S/C7H3F3INO3.C7H5F3INO/c8-7(9,10)15-4-1-2-6(12(13)14)5(11)3-4;8-7(9,10)13-4-1-2-6(12)5(11)3-4/h1-3H;1-3H,12H2. The van der Waals surface area contributed by atoms with E-state index in [1.54, 1.807) is 22.6 Å². The molecule has 0 aromatic heterocycles. The lowest BCUT2D eigenvalue weighted by Gasteiger charge is -2.09. The summed E-state index contributed by atoms with van der Waals surface area (Å²) < 4.78 is 78.4. The highest BCUT2D eigenvalue weighted by atomic mass is 127. The molecule has 0 saturated heterocycles. The topological polar surface area (TPSA) is 87.6 Å². The molecule has 0 saturated carbocycles. The molecule has 154 valence electrons. The van der Waals surface area contributed by atoms with Crippen LogP contribution >= 0.6 is 45.2 Å². The SMILES string of the molecule is Nc1ccc(OC(F)(F)F)cc1I.O=[N+]([O-])c1ccc(OC(F)(F)F)cc1I. The van der Waals surface area contributed by atoms with E-state index < -0.39 is 23.4 Å². The Morgan fingerprint density at radius 2 is 1.29 bits per heavy atom. The Bertz CT molecular complexity index is 846. The molecule has 28 heavy (non-hydrogen) atoms. The van der Waals surface area contributed by atoms with Crippen molar-refractivity contribution < 1.29 is 40.7 Å². The van der Waals surface area contributed by atoms with Crippen molar-refractivity contribution in [1.82, 2.24) is 0 Å². The first-order valence-electron chi connectivity index (χ1n) is 6.68. The number of nitrogens with two attached hydrogens (primary N) is 1. The molecule has 0 radical (unpaired) electrons. The van der Waals surface area contributed by atoms with Crippen LogP contribution in [0.15, 0.2) is 36.4 Å². The fourth-order valence-electron chi connectivity index (χ4n) is 1.54. The van der Waals surface area contributed by atoms with Gasteiger partial charge in [-0.15, -0.1) is 26.3 Å². The smallest absolute Gasteiger partial charge is 0.406 e. The number of alkyl halides is 6. The number of nitro benzene ring substituents is 1. The van der Waals surface area contributed by atoms with Crippen LogP contribution in [0.4, 0.5) is 37.7 Å². The maximum atomic E-state index is 11.8. The van der Waals surface area contributed by atoms with Crippen LogP contribution in [0, 0.1) is 17.3 Å². The Balaban J connectivity index is 0.000000283. The van der Waals surface area contributed by atoms with Crippen LogP contribution in [0.25, 0.3) is 0 Å². The zero-order valence-electron chi connectivity index (χ0n) is 13.1. The molecular formula is C14H8F6I2N2O4. The first-order chi connectivity index (χ1) is 12.7. The van der Waals surface area contributed by atoms with Gasteiger partial charge in [-0.25, -0.2) is 0 Å². The molecule has 2 aromatic rings. The average Bonchev–Trinajstić information content (AvgIpc) is 2.48. The van der Waals surface area contributed by atoms with Gasteiger partial charge in [0.2, 0.25) is 0 Å². The molecule has 0 unspecified atom stereocenters. The number of anilines is 1. The van der Waals surface area contributed by atoms with Gasteiger partial charge in [0.25, 0.3) is 5.69 Å². The summed E-state index contributed by atoms with van der Waals surface area (Å²) in [7, 11) is 0. The molecule has 0 aliphatic rings. The minimum absolute atomic E-state index is 0.0827. The molecule has 2 aromatic carbocycles. The Hall–Kier alpha value is -1.72. The summed E-state index contributed by atoms with van der Waals surface area (Å²) in [6.07, 6.45) is -9.45. The number of halogens is 8. The molecule has 14 heteroatoms. The van der Waals surface area contributed by atoms with Gasteiger partial charge in [-0.05, 0) is 69.4 Å². The van der Waals surface area contributed by atoms with E-state index in [1.165, 1.54) is 18.2 Å². The summed E-state index contributed by atoms with van der Waals surface area (Å²) in [6.45, 7) is 0. The highest BCUT2D eigenvalue weighted by Crippen LogP contribution is 2.29. The van der Waals surface area contributed by atoms with Crippen LogP contribution in [-0.2, 0) is 0 Å². The zero-order chi connectivity index (χ0) is 21.7. The van der Waals surface area contributed by atoms with Crippen LogP contribution in [0.1, 0.15) is 0 Å². The van der Waals surface area contributed by atoms with Gasteiger partial charge in [-0.2, -0.15) is 0 Å². The van der Waals surface area contributed by atoms with Crippen molar-refractivity contribution in [2.75, 3.05) is 5.73 Å². The van der Waals surface area contributed by atoms with Crippen molar-refractivity contribution in [2.24, 2.45) is 0 Å². The van der Waals surface area contributed by atoms with Crippen molar-refractivity contribution in [3.8, 4) is 11.5 Å². The van der Waals surface area contributed by atoms with E-state index in [4.69, 9.17) is 5.73 Å². The number of nitrogen functional groups attached to an aromatic ring is 1. The van der Waals surface area contributed by atoms with Gasteiger partial charge in [0.05, 0.1) is 8.49 Å². The normalized spacial score (nSPS) is 11.3. The van der Waals surface area contributed by atoms with Gasteiger partial charge >= 0.3 is 12.7 Å². The van der Waals surface area contributed by atoms with Crippen LogP contribution < -0.4 is 15.2 Å². The lowest BCUT2D eigenvalue weighted by molar-refractivity contribution is -0.385. The van der Waals surface area contributed by atoms with E-state index in [1.807, 2.05) is 22.6 Å². The minimum atomic E-state index is -4.79.